The van der Waals surface area contributed by atoms with Gasteiger partial charge in [-0.2, -0.15) is 0 Å². The summed E-state index contributed by atoms with van der Waals surface area (Å²) in [6.07, 6.45) is 0. The van der Waals surface area contributed by atoms with Gasteiger partial charge in [-0.3, -0.25) is 4.79 Å². The maximum Gasteiger partial charge on any atom is 0.256 e. The van der Waals surface area contributed by atoms with E-state index in [-0.39, 0.29) is 11.4 Å². The molecule has 5 rings (SSSR count). The van der Waals surface area contributed by atoms with E-state index in [9.17, 15) is 4.79 Å². The van der Waals surface area contributed by atoms with Gasteiger partial charge in [0.05, 0.1) is 31.3 Å². The van der Waals surface area contributed by atoms with E-state index >= 15 is 0 Å². The van der Waals surface area contributed by atoms with Crippen LogP contribution < -0.4 is 20.5 Å². The number of carbonyl (C=O) groups is 1. The second-order valence-corrected chi connectivity index (χ2v) is 7.77. The normalized spacial score (nSPS) is 10.8. The minimum Gasteiger partial charge on any atom is -0.497 e. The highest BCUT2D eigenvalue weighted by Crippen LogP contribution is 2.34. The van der Waals surface area contributed by atoms with Crippen LogP contribution in [0, 0.1) is 0 Å². The Kier molecular flexibility index (Phi) is 5.76. The van der Waals surface area contributed by atoms with Crippen molar-refractivity contribution in [3.05, 3.63) is 90.5 Å². The second-order valence-electron chi connectivity index (χ2n) is 7.77. The predicted octanol–water partition coefficient (Wildman–Crippen LogP) is 4.92. The van der Waals surface area contributed by atoms with Crippen LogP contribution in [0.4, 0.5) is 11.5 Å². The molecule has 174 valence electrons. The van der Waals surface area contributed by atoms with Crippen LogP contribution in [0.3, 0.4) is 0 Å². The lowest BCUT2D eigenvalue weighted by atomic mass is 10.1. The number of nitrogens with one attached hydrogen (secondary N) is 1. The zero-order chi connectivity index (χ0) is 24.4. The van der Waals surface area contributed by atoms with Gasteiger partial charge in [-0.25, -0.2) is 9.50 Å². The van der Waals surface area contributed by atoms with E-state index in [2.05, 4.69) is 5.32 Å². The molecule has 0 atom stereocenters. The first kappa shape index (κ1) is 22.0. The van der Waals surface area contributed by atoms with Crippen LogP contribution in [-0.2, 0) is 0 Å². The number of ether oxygens (including phenoxy) is 2. The molecule has 0 saturated heterocycles. The largest absolute Gasteiger partial charge is 0.497 e. The lowest BCUT2D eigenvalue weighted by molar-refractivity contribution is 0.100. The molecule has 0 aliphatic heterocycles. The number of hydrogen-bond donors (Lipinski definition) is 2. The van der Waals surface area contributed by atoms with E-state index in [4.69, 9.17) is 25.3 Å². The summed E-state index contributed by atoms with van der Waals surface area (Å²) in [6, 6.07) is 26.8. The number of primary amides is 1. The van der Waals surface area contributed by atoms with Gasteiger partial charge in [0.15, 0.2) is 11.5 Å². The number of amides is 1. The number of carbonyl (C=O) groups excluding carboxylic acids is 1. The summed E-state index contributed by atoms with van der Waals surface area (Å²) >= 11 is 0. The zero-order valence-corrected chi connectivity index (χ0v) is 19.2. The lowest BCUT2D eigenvalue weighted by Gasteiger charge is -2.11. The Morgan fingerprint density at radius 1 is 0.886 bits per heavy atom. The first-order chi connectivity index (χ1) is 17.1. The van der Waals surface area contributed by atoms with E-state index in [1.807, 2.05) is 66.7 Å². The highest BCUT2D eigenvalue weighted by molar-refractivity contribution is 6.05. The molecule has 8 heteroatoms. The summed E-state index contributed by atoms with van der Waals surface area (Å²) in [5.41, 5.74) is 10.3. The van der Waals surface area contributed by atoms with Gasteiger partial charge in [0, 0.05) is 17.2 Å². The number of fused-ring (bicyclic) bond motifs is 1. The smallest absolute Gasteiger partial charge is 0.256 e. The molecule has 0 aliphatic rings. The van der Waals surface area contributed by atoms with Crippen LogP contribution in [0.25, 0.3) is 28.2 Å². The topological polar surface area (TPSA) is 104 Å². The van der Waals surface area contributed by atoms with E-state index in [1.54, 1.807) is 36.9 Å². The average molecular weight is 466 g/mol. The van der Waals surface area contributed by atoms with Crippen molar-refractivity contribution in [3.63, 3.8) is 0 Å². The Morgan fingerprint density at radius 3 is 2.20 bits per heavy atom. The molecular weight excluding hydrogens is 442 g/mol. The molecule has 5 aromatic rings. The predicted molar refractivity (Wildman–Crippen MR) is 135 cm³/mol. The molecule has 2 aromatic heterocycles. The van der Waals surface area contributed by atoms with Gasteiger partial charge in [-0.05, 0) is 18.2 Å². The first-order valence-corrected chi connectivity index (χ1v) is 10.9. The highest BCUT2D eigenvalue weighted by Gasteiger charge is 2.23. The van der Waals surface area contributed by atoms with Crippen LogP contribution in [0.5, 0.6) is 11.5 Å². The number of rotatable bonds is 7. The quantitative estimate of drug-likeness (QED) is 0.353. The fourth-order valence-electron chi connectivity index (χ4n) is 3.93. The summed E-state index contributed by atoms with van der Waals surface area (Å²) in [6.45, 7) is 0. The standard InChI is InChI=1S/C27H23N5O3/c1-34-19-13-14-20(23(15-19)35-2)29-26-24(25(28)33)27-30-21(17-9-5-3-6-10-17)16-22(32(27)31-26)18-11-7-4-8-12-18/h3-16H,1-2H3,(H2,28,33)(H,29,31). The van der Waals surface area contributed by atoms with Crippen LogP contribution in [0.2, 0.25) is 0 Å². The molecule has 3 aromatic carbocycles. The molecule has 0 spiro atoms. The number of benzene rings is 3. The fourth-order valence-corrected chi connectivity index (χ4v) is 3.93. The molecule has 8 nitrogen and oxygen atoms in total. The van der Waals surface area contributed by atoms with E-state index < -0.39 is 5.91 Å². The van der Waals surface area contributed by atoms with E-state index in [0.29, 0.717) is 28.5 Å². The third kappa shape index (κ3) is 4.13. The van der Waals surface area contributed by atoms with Crippen molar-refractivity contribution in [2.45, 2.75) is 0 Å². The van der Waals surface area contributed by atoms with Gasteiger partial charge in [-0.1, -0.05) is 60.7 Å². The Bertz CT molecular complexity index is 1510. The van der Waals surface area contributed by atoms with Crippen molar-refractivity contribution in [1.29, 1.82) is 0 Å². The molecule has 0 unspecified atom stereocenters. The average Bonchev–Trinajstić information content (AvgIpc) is 3.27. The minimum atomic E-state index is -0.647. The monoisotopic (exact) mass is 465 g/mol. The molecule has 3 N–H and O–H groups in total. The summed E-state index contributed by atoms with van der Waals surface area (Å²) in [7, 11) is 3.14. The Hall–Kier alpha value is -4.85. The van der Waals surface area contributed by atoms with Crippen LogP contribution in [0.1, 0.15) is 10.4 Å². The number of methoxy groups -OCH3 is 2. The van der Waals surface area contributed by atoms with Crippen molar-refractivity contribution in [2.24, 2.45) is 5.73 Å². The highest BCUT2D eigenvalue weighted by atomic mass is 16.5. The van der Waals surface area contributed by atoms with Crippen molar-refractivity contribution in [1.82, 2.24) is 14.6 Å². The van der Waals surface area contributed by atoms with Crippen molar-refractivity contribution in [3.8, 4) is 34.0 Å². The van der Waals surface area contributed by atoms with Crippen molar-refractivity contribution in [2.75, 3.05) is 19.5 Å². The zero-order valence-electron chi connectivity index (χ0n) is 19.2. The Morgan fingerprint density at radius 2 is 1.57 bits per heavy atom. The SMILES string of the molecule is COc1ccc(Nc2nn3c(-c4ccccc4)cc(-c4ccccc4)nc3c2C(N)=O)c(OC)c1. The van der Waals surface area contributed by atoms with E-state index in [0.717, 1.165) is 16.8 Å². The lowest BCUT2D eigenvalue weighted by Crippen LogP contribution is -2.13. The number of nitrogens with zero attached hydrogens (tertiary/aromatic N) is 3. The number of aromatic nitrogens is 3. The Labute approximate surface area is 202 Å². The van der Waals surface area contributed by atoms with E-state index in [1.165, 1.54) is 0 Å². The third-order valence-corrected chi connectivity index (χ3v) is 5.64. The van der Waals surface area contributed by atoms with Crippen LogP contribution in [-0.4, -0.2) is 34.7 Å². The van der Waals surface area contributed by atoms with Crippen molar-refractivity contribution >= 4 is 23.1 Å². The van der Waals surface area contributed by atoms with Gasteiger partial charge in [0.25, 0.3) is 5.91 Å². The second kappa shape index (κ2) is 9.18. The Balaban J connectivity index is 1.75. The summed E-state index contributed by atoms with van der Waals surface area (Å²) in [5.74, 6) is 0.790. The summed E-state index contributed by atoms with van der Waals surface area (Å²) in [5, 5.41) is 7.91. The van der Waals surface area contributed by atoms with Crippen molar-refractivity contribution < 1.29 is 14.3 Å². The molecule has 0 aliphatic carbocycles. The summed E-state index contributed by atoms with van der Waals surface area (Å²) < 4.78 is 12.4. The first-order valence-electron chi connectivity index (χ1n) is 10.9. The van der Waals surface area contributed by atoms with Gasteiger partial charge >= 0.3 is 0 Å². The van der Waals surface area contributed by atoms with Crippen LogP contribution in [0.15, 0.2) is 84.9 Å². The van der Waals surface area contributed by atoms with Gasteiger partial charge in [0.1, 0.15) is 17.1 Å². The van der Waals surface area contributed by atoms with Crippen LogP contribution >= 0.6 is 0 Å². The third-order valence-electron chi connectivity index (χ3n) is 5.64. The van der Waals surface area contributed by atoms with Gasteiger partial charge < -0.3 is 20.5 Å². The van der Waals surface area contributed by atoms with Gasteiger partial charge in [-0.15, -0.1) is 5.10 Å². The molecule has 1 amide bonds. The maximum absolute atomic E-state index is 12.7. The number of anilines is 2. The molecule has 2 heterocycles. The van der Waals surface area contributed by atoms with Gasteiger partial charge in [0.2, 0.25) is 0 Å². The molecular formula is C27H23N5O3. The number of nitrogens with two attached hydrogens (primary N) is 1. The molecule has 35 heavy (non-hydrogen) atoms. The maximum atomic E-state index is 12.7. The molecule has 0 saturated carbocycles. The molecule has 0 fully saturated rings. The summed E-state index contributed by atoms with van der Waals surface area (Å²) in [4.78, 5) is 17.5. The number of hydrogen-bond acceptors (Lipinski definition) is 6. The fraction of sp³-hybridized carbons (Fsp3) is 0.0741. The minimum absolute atomic E-state index is 0.179. The molecule has 0 bridgehead atoms. The molecule has 0 radical (unpaired) electrons.